The molecule has 0 amide bonds. The molecule has 0 N–H and O–H groups in total. The topological polar surface area (TPSA) is 0 Å². The van der Waals surface area contributed by atoms with Gasteiger partial charge in [0.25, 0.3) is 0 Å². The molecule has 1 radical (unpaired) electrons. The van der Waals surface area contributed by atoms with Gasteiger partial charge in [-0.05, 0) is 48.1 Å². The monoisotopic (exact) mass is 602 g/mol. The minimum Gasteiger partial charge on any atom is -0.0622 e. The highest BCUT2D eigenvalue weighted by Gasteiger charge is 2.63. The molecule has 0 saturated carbocycles. The molecule has 0 nitrogen and oxygen atoms in total. The van der Waals surface area contributed by atoms with Crippen LogP contribution in [0.2, 0.25) is 0 Å². The molecule has 2 heteroatoms. The summed E-state index contributed by atoms with van der Waals surface area (Å²) in [5.74, 6) is 0. The molecule has 0 aliphatic carbocycles. The van der Waals surface area contributed by atoms with Crippen molar-refractivity contribution in [3.05, 3.63) is 209 Å². The van der Waals surface area contributed by atoms with Crippen molar-refractivity contribution in [2.45, 2.75) is 0 Å². The molecule has 0 aromatic heterocycles. The fraction of sp³-hybridized carbons (Fsp3) is 0.0476. The largest absolute Gasteiger partial charge is 0.120 e. The van der Waals surface area contributed by atoms with E-state index in [0.717, 1.165) is 0 Å². The van der Waals surface area contributed by atoms with E-state index in [1.807, 2.05) is 0 Å². The Balaban J connectivity index is 1.77. The van der Waals surface area contributed by atoms with Crippen molar-refractivity contribution in [2.24, 2.45) is 0 Å². The molecule has 7 rings (SSSR count). The molecule has 2 atom stereocenters. The molecule has 1 aliphatic rings. The van der Waals surface area contributed by atoms with Gasteiger partial charge in [0.15, 0.2) is 0 Å². The van der Waals surface area contributed by atoms with E-state index in [2.05, 4.69) is 195 Å². The van der Waals surface area contributed by atoms with Crippen LogP contribution in [0, 0.1) is 0 Å². The summed E-state index contributed by atoms with van der Waals surface area (Å²) in [6.45, 7) is 5.20. The van der Waals surface area contributed by atoms with Crippen LogP contribution in [0.15, 0.2) is 187 Å². The van der Waals surface area contributed by atoms with Crippen molar-refractivity contribution in [1.29, 1.82) is 0 Å². The number of hydrogen-bond donors (Lipinski definition) is 0. The SMILES string of the molecule is C[P]1(c2ccccc2)C(c2ccccc2)=C(c2ccccc2)[P+](C)(c2ccccc2)C1=C(c1ccccc1)c1ccccc1. The van der Waals surface area contributed by atoms with Crippen LogP contribution in [0.4, 0.5) is 0 Å². The fourth-order valence-corrected chi connectivity index (χ4v) is 19.6. The molecule has 1 heterocycles. The maximum Gasteiger partial charge on any atom is 0.120 e. The first-order valence-corrected chi connectivity index (χ1v) is 19.7. The van der Waals surface area contributed by atoms with E-state index in [4.69, 9.17) is 0 Å². The summed E-state index contributed by atoms with van der Waals surface area (Å²) in [7, 11) is -4.40. The zero-order valence-electron chi connectivity index (χ0n) is 25.2. The van der Waals surface area contributed by atoms with E-state index in [-0.39, 0.29) is 0 Å². The van der Waals surface area contributed by atoms with Gasteiger partial charge in [-0.25, -0.2) is 0 Å². The molecule has 44 heavy (non-hydrogen) atoms. The Bertz CT molecular complexity index is 1790. The lowest BCUT2D eigenvalue weighted by atomic mass is 10.00. The molecular formula is C42H36P2+. The molecule has 6 aromatic carbocycles. The first-order chi connectivity index (χ1) is 21.6. The zero-order chi connectivity index (χ0) is 30.0. The van der Waals surface area contributed by atoms with Crippen LogP contribution in [0.5, 0.6) is 0 Å². The van der Waals surface area contributed by atoms with E-state index in [9.17, 15) is 0 Å². The van der Waals surface area contributed by atoms with E-state index in [1.54, 1.807) is 5.06 Å². The average Bonchev–Trinajstić information content (AvgIpc) is 3.32. The lowest BCUT2D eigenvalue weighted by Crippen LogP contribution is -2.16. The predicted molar refractivity (Wildman–Crippen MR) is 196 cm³/mol. The molecule has 0 spiro atoms. The molecule has 1 aliphatic heterocycles. The Morgan fingerprint density at radius 2 is 0.841 bits per heavy atom. The quantitative estimate of drug-likeness (QED) is 0.166. The van der Waals surface area contributed by atoms with E-state index >= 15 is 0 Å². The predicted octanol–water partition coefficient (Wildman–Crippen LogP) is 10.9. The van der Waals surface area contributed by atoms with Crippen molar-refractivity contribution in [1.82, 2.24) is 0 Å². The van der Waals surface area contributed by atoms with Gasteiger partial charge in [-0.2, -0.15) is 0 Å². The lowest BCUT2D eigenvalue weighted by molar-refractivity contribution is 1.55. The first kappa shape index (κ1) is 28.4. The lowest BCUT2D eigenvalue weighted by Gasteiger charge is -2.35. The normalized spacial score (nSPS) is 19.6. The smallest absolute Gasteiger partial charge is 0.0622 e. The van der Waals surface area contributed by atoms with Crippen molar-refractivity contribution < 1.29 is 0 Å². The van der Waals surface area contributed by atoms with Crippen molar-refractivity contribution in [3.8, 4) is 0 Å². The minimum atomic E-state index is -2.20. The Morgan fingerprint density at radius 1 is 0.455 bits per heavy atom. The summed E-state index contributed by atoms with van der Waals surface area (Å²) >= 11 is 0. The highest BCUT2D eigenvalue weighted by molar-refractivity contribution is 8.16. The summed E-state index contributed by atoms with van der Waals surface area (Å²) in [6, 6.07) is 67.4. The first-order valence-electron chi connectivity index (χ1n) is 15.2. The second-order valence-electron chi connectivity index (χ2n) is 11.5. The molecule has 2 unspecified atom stereocenters. The summed E-state index contributed by atoms with van der Waals surface area (Å²) in [5.41, 5.74) is 6.58. The highest BCUT2D eigenvalue weighted by atomic mass is 31.2. The average molecular weight is 603 g/mol. The van der Waals surface area contributed by atoms with E-state index in [1.165, 1.54) is 49.1 Å². The molecule has 213 valence electrons. The maximum absolute atomic E-state index is 2.60. The second-order valence-corrected chi connectivity index (χ2v) is 18.7. The third kappa shape index (κ3) is 4.71. The zero-order valence-corrected chi connectivity index (χ0v) is 27.0. The molecule has 0 fully saturated rings. The van der Waals surface area contributed by atoms with Gasteiger partial charge in [0.2, 0.25) is 0 Å². The molecule has 0 bridgehead atoms. The maximum atomic E-state index is 2.60. The standard InChI is InChI=1S/C42H36P2/c1-43(37-29-17-7-18-30-37)40(35-25-13-5-14-26-35)41(36-27-15-6-16-28-36)44(2,38-31-19-8-20-32-38)42(43)39(33-21-9-3-10-22-33)34-23-11-4-12-24-34/h3-32H,1-2H3/q+1. The third-order valence-corrected chi connectivity index (χ3v) is 19.1. The molecule has 0 saturated heterocycles. The van der Waals surface area contributed by atoms with Gasteiger partial charge < -0.3 is 0 Å². The number of rotatable bonds is 6. The third-order valence-electron chi connectivity index (χ3n) is 8.95. The van der Waals surface area contributed by atoms with E-state index in [0.29, 0.717) is 0 Å². The van der Waals surface area contributed by atoms with Crippen LogP contribution in [-0.4, -0.2) is 13.3 Å². The summed E-state index contributed by atoms with van der Waals surface area (Å²) < 4.78 is 0. The van der Waals surface area contributed by atoms with Gasteiger partial charge in [0.05, 0.1) is 6.66 Å². The van der Waals surface area contributed by atoms with Gasteiger partial charge in [-0.1, -0.05) is 170 Å². The second kappa shape index (κ2) is 12.0. The van der Waals surface area contributed by atoms with Crippen LogP contribution in [-0.2, 0) is 0 Å². The Hall–Kier alpha value is -4.34. The molecule has 6 aromatic rings. The van der Waals surface area contributed by atoms with Gasteiger partial charge in [0.1, 0.15) is 22.9 Å². The van der Waals surface area contributed by atoms with Gasteiger partial charge >= 0.3 is 0 Å². The van der Waals surface area contributed by atoms with Crippen molar-refractivity contribution in [2.75, 3.05) is 13.3 Å². The fourth-order valence-electron chi connectivity index (χ4n) is 7.05. The van der Waals surface area contributed by atoms with Gasteiger partial charge in [-0.3, -0.25) is 0 Å². The number of benzene rings is 6. The Kier molecular flexibility index (Phi) is 7.74. The van der Waals surface area contributed by atoms with Crippen LogP contribution < -0.4 is 10.6 Å². The number of hydrogen-bond acceptors (Lipinski definition) is 0. The van der Waals surface area contributed by atoms with E-state index < -0.39 is 14.5 Å². The summed E-state index contributed by atoms with van der Waals surface area (Å²) in [4.78, 5) is 0. The van der Waals surface area contributed by atoms with Crippen LogP contribution in [0.25, 0.3) is 16.2 Å². The van der Waals surface area contributed by atoms with Crippen LogP contribution >= 0.6 is 14.5 Å². The van der Waals surface area contributed by atoms with Gasteiger partial charge in [0, 0.05) is 16.5 Å². The van der Waals surface area contributed by atoms with Crippen LogP contribution in [0.1, 0.15) is 22.3 Å². The van der Waals surface area contributed by atoms with Gasteiger partial charge in [-0.15, -0.1) is 0 Å². The minimum absolute atomic E-state index is 1.28. The van der Waals surface area contributed by atoms with Crippen LogP contribution in [0.3, 0.4) is 0 Å². The highest BCUT2D eigenvalue weighted by Crippen LogP contribution is 2.97. The summed E-state index contributed by atoms with van der Waals surface area (Å²) in [6.07, 6.45) is 0. The Labute approximate surface area is 263 Å². The Morgan fingerprint density at radius 3 is 1.32 bits per heavy atom. The summed E-state index contributed by atoms with van der Waals surface area (Å²) in [5, 5.41) is 7.47. The van der Waals surface area contributed by atoms with Crippen molar-refractivity contribution in [3.63, 3.8) is 0 Å². The molecular weight excluding hydrogens is 566 g/mol. The van der Waals surface area contributed by atoms with Crippen molar-refractivity contribution >= 4 is 41.3 Å².